The van der Waals surface area contributed by atoms with E-state index >= 15 is 0 Å². The van der Waals surface area contributed by atoms with Gasteiger partial charge in [0.1, 0.15) is 30.4 Å². The average Bonchev–Trinajstić information content (AvgIpc) is 3.98. The minimum atomic E-state index is -0.0542. The summed E-state index contributed by atoms with van der Waals surface area (Å²) in [6, 6.07) is 31.9. The molecule has 0 aliphatic carbocycles. The molecule has 47 heavy (non-hydrogen) atoms. The van der Waals surface area contributed by atoms with Gasteiger partial charge in [0.05, 0.1) is 13.3 Å². The van der Waals surface area contributed by atoms with Crippen LogP contribution in [0.4, 0.5) is 5.69 Å². The number of nitrogen functional groups attached to an aromatic ring is 1. The standard InChI is InChI=1S/C37H42N6O4/c1-40(37-34(47-37)39-19-24-12-16-28(44-2)17-13-24)42-21-31-35(45-31)43-30(18-23-10-14-27(38)15-11-23)33-36(46-33)41(22-32(42)43)20-26-8-5-7-25-6-3-4-9-29(25)26/h3-17,30-37,39H,18-22,38H2,1-2H3/t30-,31?,32+,33?,34?,35?,36?,37?/m0/s1. The molecule has 0 spiro atoms. The van der Waals surface area contributed by atoms with Crippen molar-refractivity contribution >= 4 is 16.5 Å². The second-order valence-electron chi connectivity index (χ2n) is 13.4. The summed E-state index contributed by atoms with van der Waals surface area (Å²) in [7, 11) is 3.85. The zero-order valence-corrected chi connectivity index (χ0v) is 26.8. The summed E-state index contributed by atoms with van der Waals surface area (Å²) in [5, 5.41) is 10.9. The lowest BCUT2D eigenvalue weighted by Gasteiger charge is -2.48. The summed E-state index contributed by atoms with van der Waals surface area (Å²) in [5.41, 5.74) is 10.6. The number of anilines is 1. The fourth-order valence-electron chi connectivity index (χ4n) is 7.84. The maximum absolute atomic E-state index is 6.57. The molecule has 6 unspecified atom stereocenters. The SMILES string of the molecule is COc1ccc(CNC2OC2N(C)N2CC3OC3N3[C@@H](Cc4ccc(N)cc4)C4OC4N(Cc4cccc5ccccc45)C[C@@H]32)cc1. The molecule has 4 aromatic carbocycles. The van der Waals surface area contributed by atoms with E-state index in [-0.39, 0.29) is 49.3 Å². The molecule has 0 bridgehead atoms. The predicted molar refractivity (Wildman–Crippen MR) is 179 cm³/mol. The topological polar surface area (TPSA) is 97.8 Å². The van der Waals surface area contributed by atoms with Gasteiger partial charge in [-0.1, -0.05) is 66.7 Å². The van der Waals surface area contributed by atoms with E-state index in [9.17, 15) is 0 Å². The lowest BCUT2D eigenvalue weighted by molar-refractivity contribution is -0.158. The Labute approximate surface area is 275 Å². The van der Waals surface area contributed by atoms with Crippen molar-refractivity contribution < 1.29 is 18.9 Å². The smallest absolute Gasteiger partial charge is 0.165 e. The van der Waals surface area contributed by atoms with Crippen LogP contribution in [0.5, 0.6) is 5.75 Å². The summed E-state index contributed by atoms with van der Waals surface area (Å²) in [5.74, 6) is 0.861. The molecule has 5 fully saturated rings. The Balaban J connectivity index is 0.981. The van der Waals surface area contributed by atoms with Gasteiger partial charge in [-0.2, -0.15) is 0 Å². The Kier molecular flexibility index (Phi) is 7.44. The molecule has 10 nitrogen and oxygen atoms in total. The quantitative estimate of drug-likeness (QED) is 0.199. The number of hydrogen-bond acceptors (Lipinski definition) is 10. The van der Waals surface area contributed by atoms with Gasteiger partial charge in [0.25, 0.3) is 0 Å². The fourth-order valence-corrected chi connectivity index (χ4v) is 7.84. The van der Waals surface area contributed by atoms with Crippen molar-refractivity contribution in [2.24, 2.45) is 0 Å². The number of hydrogen-bond donors (Lipinski definition) is 2. The van der Waals surface area contributed by atoms with E-state index in [1.54, 1.807) is 7.11 Å². The largest absolute Gasteiger partial charge is 0.497 e. The van der Waals surface area contributed by atoms with Crippen molar-refractivity contribution in [3.8, 4) is 5.75 Å². The van der Waals surface area contributed by atoms with Crippen LogP contribution in [0, 0.1) is 0 Å². The van der Waals surface area contributed by atoms with Crippen LogP contribution in [0.2, 0.25) is 0 Å². The van der Waals surface area contributed by atoms with Gasteiger partial charge in [-0.15, -0.1) is 0 Å². The number of methoxy groups -OCH3 is 1. The molecule has 10 heteroatoms. The summed E-state index contributed by atoms with van der Waals surface area (Å²) in [6.07, 6.45) is 1.27. The van der Waals surface area contributed by atoms with Crippen LogP contribution in [0.25, 0.3) is 10.8 Å². The van der Waals surface area contributed by atoms with E-state index in [2.05, 4.69) is 98.9 Å². The van der Waals surface area contributed by atoms with Crippen molar-refractivity contribution in [2.45, 2.75) is 68.8 Å². The molecule has 3 N–H and O–H groups in total. The number of benzene rings is 4. The number of nitrogens with one attached hydrogen (secondary N) is 1. The summed E-state index contributed by atoms with van der Waals surface area (Å²) < 4.78 is 24.5. The Morgan fingerprint density at radius 1 is 0.872 bits per heavy atom. The van der Waals surface area contributed by atoms with Crippen LogP contribution in [-0.4, -0.2) is 96.4 Å². The molecule has 5 aliphatic heterocycles. The van der Waals surface area contributed by atoms with Crippen molar-refractivity contribution in [1.29, 1.82) is 0 Å². The zero-order valence-electron chi connectivity index (χ0n) is 26.8. The van der Waals surface area contributed by atoms with Crippen molar-refractivity contribution in [1.82, 2.24) is 25.1 Å². The molecular weight excluding hydrogens is 592 g/mol. The molecular formula is C37H42N6O4. The zero-order chi connectivity index (χ0) is 31.6. The number of ether oxygens (including phenoxy) is 4. The van der Waals surface area contributed by atoms with E-state index in [4.69, 9.17) is 24.7 Å². The van der Waals surface area contributed by atoms with E-state index in [0.29, 0.717) is 0 Å². The van der Waals surface area contributed by atoms with Crippen LogP contribution in [-0.2, 0) is 33.7 Å². The van der Waals surface area contributed by atoms with Crippen LogP contribution in [0.3, 0.4) is 0 Å². The maximum atomic E-state index is 6.57. The highest BCUT2D eigenvalue weighted by atomic mass is 16.6. The number of hydrazine groups is 1. The van der Waals surface area contributed by atoms with Crippen molar-refractivity contribution in [2.75, 3.05) is 33.0 Å². The Morgan fingerprint density at radius 3 is 2.49 bits per heavy atom. The third kappa shape index (κ3) is 5.68. The highest BCUT2D eigenvalue weighted by Crippen LogP contribution is 2.47. The second kappa shape index (κ2) is 11.8. The number of likely N-dealkylation sites (N-methyl/N-ethyl adjacent to an activating group) is 1. The van der Waals surface area contributed by atoms with Gasteiger partial charge in [-0.05, 0) is 58.1 Å². The average molecular weight is 635 g/mol. The molecule has 5 heterocycles. The molecule has 0 aromatic heterocycles. The number of epoxide rings is 3. The van der Waals surface area contributed by atoms with Gasteiger partial charge in [0.15, 0.2) is 12.5 Å². The van der Waals surface area contributed by atoms with Crippen LogP contribution in [0.15, 0.2) is 91.0 Å². The predicted octanol–water partition coefficient (Wildman–Crippen LogP) is 3.57. The minimum absolute atomic E-state index is 0.0479. The Hall–Kier alpha value is -3.58. The molecule has 244 valence electrons. The lowest BCUT2D eigenvalue weighted by Crippen LogP contribution is -2.66. The summed E-state index contributed by atoms with van der Waals surface area (Å²) in [6.45, 7) is 3.21. The van der Waals surface area contributed by atoms with Gasteiger partial charge in [-0.25, -0.2) is 10.0 Å². The molecule has 5 aliphatic rings. The van der Waals surface area contributed by atoms with Crippen molar-refractivity contribution in [3.63, 3.8) is 0 Å². The van der Waals surface area contributed by atoms with Gasteiger partial charge >= 0.3 is 0 Å². The highest BCUT2D eigenvalue weighted by molar-refractivity contribution is 5.85. The molecule has 0 amide bonds. The monoisotopic (exact) mass is 634 g/mol. The van der Waals surface area contributed by atoms with Gasteiger partial charge in [0, 0.05) is 45.0 Å². The van der Waals surface area contributed by atoms with Gasteiger partial charge in [0.2, 0.25) is 0 Å². The van der Waals surface area contributed by atoms with E-state index in [0.717, 1.165) is 44.0 Å². The highest BCUT2D eigenvalue weighted by Gasteiger charge is 2.64. The number of nitrogens with two attached hydrogens (primary N) is 1. The number of nitrogens with zero attached hydrogens (tertiary/aromatic N) is 4. The molecule has 4 aromatic rings. The lowest BCUT2D eigenvalue weighted by atomic mass is 10.00. The second-order valence-corrected chi connectivity index (χ2v) is 13.4. The van der Waals surface area contributed by atoms with Crippen molar-refractivity contribution in [3.05, 3.63) is 108 Å². The van der Waals surface area contributed by atoms with Gasteiger partial charge in [-0.3, -0.25) is 15.1 Å². The first-order valence-corrected chi connectivity index (χ1v) is 16.7. The van der Waals surface area contributed by atoms with Crippen LogP contribution >= 0.6 is 0 Å². The fraction of sp³-hybridized carbons (Fsp3) is 0.405. The van der Waals surface area contributed by atoms with Crippen LogP contribution < -0.4 is 15.8 Å². The molecule has 0 saturated carbocycles. The van der Waals surface area contributed by atoms with Gasteiger partial charge < -0.3 is 24.7 Å². The summed E-state index contributed by atoms with van der Waals surface area (Å²) >= 11 is 0. The van der Waals surface area contributed by atoms with E-state index < -0.39 is 0 Å². The number of fused-ring (bicyclic) bond motifs is 5. The third-order valence-electron chi connectivity index (χ3n) is 10.5. The Bertz CT molecular complexity index is 1730. The molecule has 0 radical (unpaired) electrons. The molecule has 9 rings (SSSR count). The first kappa shape index (κ1) is 29.6. The third-order valence-corrected chi connectivity index (χ3v) is 10.5. The normalized spacial score (nSPS) is 31.6. The molecule has 5 saturated heterocycles. The van der Waals surface area contributed by atoms with E-state index in [1.807, 2.05) is 24.3 Å². The van der Waals surface area contributed by atoms with E-state index in [1.165, 1.54) is 27.5 Å². The van der Waals surface area contributed by atoms with Crippen LogP contribution in [0.1, 0.15) is 16.7 Å². The maximum Gasteiger partial charge on any atom is 0.165 e. The summed E-state index contributed by atoms with van der Waals surface area (Å²) in [4.78, 5) is 5.15. The first-order chi connectivity index (χ1) is 23.0. The number of rotatable bonds is 10. The Morgan fingerprint density at radius 2 is 1.66 bits per heavy atom. The molecule has 8 atom stereocenters. The first-order valence-electron chi connectivity index (χ1n) is 16.7. The minimum Gasteiger partial charge on any atom is -0.497 e.